The maximum atomic E-state index is 3.77. The third kappa shape index (κ3) is 4.75. The van der Waals surface area contributed by atoms with Crippen LogP contribution in [-0.4, -0.2) is 46.6 Å². The first-order chi connectivity index (χ1) is 8.32. The van der Waals surface area contributed by atoms with Crippen molar-refractivity contribution >= 4 is 11.8 Å². The molecule has 1 fully saturated rings. The number of hydrogen-bond donors (Lipinski definition) is 1. The maximum Gasteiger partial charge on any atom is 0.0304 e. The molecule has 0 saturated carbocycles. The minimum atomic E-state index is 0.360. The normalized spacial score (nSPS) is 25.3. The molecule has 0 aromatic heterocycles. The van der Waals surface area contributed by atoms with Crippen LogP contribution in [0, 0.1) is 0 Å². The van der Waals surface area contributed by atoms with Gasteiger partial charge in [-0.25, -0.2) is 0 Å². The standard InChI is InChI=1S/C15H32N2S/c1-7-15(8-2)12-17(13(3)11-16-15)9-10-18-14(4,5)6/h13,16H,7-12H2,1-6H3. The Morgan fingerprint density at radius 2 is 1.89 bits per heavy atom. The second kappa shape index (κ2) is 6.62. The first kappa shape index (κ1) is 16.3. The van der Waals surface area contributed by atoms with E-state index in [0.717, 1.165) is 6.54 Å². The van der Waals surface area contributed by atoms with Crippen LogP contribution in [0.5, 0.6) is 0 Å². The number of nitrogens with one attached hydrogen (secondary N) is 1. The molecule has 2 nitrogen and oxygen atoms in total. The van der Waals surface area contributed by atoms with Gasteiger partial charge in [0.2, 0.25) is 0 Å². The van der Waals surface area contributed by atoms with Crippen LogP contribution >= 0.6 is 11.8 Å². The van der Waals surface area contributed by atoms with Crippen molar-refractivity contribution in [2.24, 2.45) is 0 Å². The lowest BCUT2D eigenvalue weighted by Gasteiger charge is -2.46. The maximum absolute atomic E-state index is 3.77. The van der Waals surface area contributed by atoms with Crippen molar-refractivity contribution < 1.29 is 0 Å². The quantitative estimate of drug-likeness (QED) is 0.826. The largest absolute Gasteiger partial charge is 0.308 e. The van der Waals surface area contributed by atoms with Crippen molar-refractivity contribution in [3.8, 4) is 0 Å². The summed E-state index contributed by atoms with van der Waals surface area (Å²) < 4.78 is 0.393. The van der Waals surface area contributed by atoms with Gasteiger partial charge in [-0.15, -0.1) is 0 Å². The van der Waals surface area contributed by atoms with Gasteiger partial charge in [0, 0.05) is 41.7 Å². The molecule has 108 valence electrons. The Bertz CT molecular complexity index is 243. The van der Waals surface area contributed by atoms with E-state index in [4.69, 9.17) is 0 Å². The average molecular weight is 273 g/mol. The molecule has 0 amide bonds. The molecular weight excluding hydrogens is 240 g/mol. The van der Waals surface area contributed by atoms with Gasteiger partial charge in [0.1, 0.15) is 0 Å². The van der Waals surface area contributed by atoms with Crippen LogP contribution in [0.4, 0.5) is 0 Å². The zero-order valence-corrected chi connectivity index (χ0v) is 14.0. The Hall–Kier alpha value is 0.270. The van der Waals surface area contributed by atoms with Crippen molar-refractivity contribution in [3.63, 3.8) is 0 Å². The van der Waals surface area contributed by atoms with E-state index in [0.29, 0.717) is 16.3 Å². The minimum absolute atomic E-state index is 0.360. The van der Waals surface area contributed by atoms with Crippen molar-refractivity contribution in [2.45, 2.75) is 70.7 Å². The summed E-state index contributed by atoms with van der Waals surface area (Å²) in [5.74, 6) is 1.25. The summed E-state index contributed by atoms with van der Waals surface area (Å²) >= 11 is 2.08. The summed E-state index contributed by atoms with van der Waals surface area (Å²) in [6.07, 6.45) is 2.47. The number of nitrogens with zero attached hydrogens (tertiary/aromatic N) is 1. The SMILES string of the molecule is CCC1(CC)CN(CCSC(C)(C)C)C(C)CN1. The van der Waals surface area contributed by atoms with Gasteiger partial charge in [0.15, 0.2) is 0 Å². The van der Waals surface area contributed by atoms with E-state index in [1.165, 1.54) is 31.7 Å². The molecule has 0 radical (unpaired) electrons. The predicted octanol–water partition coefficient (Wildman–Crippen LogP) is 3.37. The fourth-order valence-electron chi connectivity index (χ4n) is 2.59. The molecule has 0 spiro atoms. The smallest absolute Gasteiger partial charge is 0.0304 e. The molecule has 1 rings (SSSR count). The number of hydrogen-bond acceptors (Lipinski definition) is 3. The summed E-state index contributed by atoms with van der Waals surface area (Å²) in [5.41, 5.74) is 0.360. The highest BCUT2D eigenvalue weighted by Crippen LogP contribution is 2.26. The highest BCUT2D eigenvalue weighted by atomic mass is 32.2. The van der Waals surface area contributed by atoms with Crippen LogP contribution in [0.2, 0.25) is 0 Å². The Kier molecular flexibility index (Phi) is 6.01. The Morgan fingerprint density at radius 3 is 2.39 bits per heavy atom. The molecule has 1 N–H and O–H groups in total. The van der Waals surface area contributed by atoms with E-state index in [1.807, 2.05) is 0 Å². The number of thioether (sulfide) groups is 1. The van der Waals surface area contributed by atoms with Crippen LogP contribution in [0.3, 0.4) is 0 Å². The van der Waals surface area contributed by atoms with Gasteiger partial charge in [-0.3, -0.25) is 4.90 Å². The Balaban J connectivity index is 2.47. The van der Waals surface area contributed by atoms with E-state index in [-0.39, 0.29) is 0 Å². The molecule has 0 bridgehead atoms. The average Bonchev–Trinajstić information content (AvgIpc) is 2.30. The van der Waals surface area contributed by atoms with Crippen molar-refractivity contribution in [2.75, 3.05) is 25.4 Å². The monoisotopic (exact) mass is 272 g/mol. The van der Waals surface area contributed by atoms with Gasteiger partial charge >= 0.3 is 0 Å². The first-order valence-electron chi connectivity index (χ1n) is 7.45. The fourth-order valence-corrected chi connectivity index (χ4v) is 3.52. The molecule has 1 aliphatic heterocycles. The van der Waals surface area contributed by atoms with Crippen LogP contribution < -0.4 is 5.32 Å². The highest BCUT2D eigenvalue weighted by molar-refractivity contribution is 8.00. The van der Waals surface area contributed by atoms with Gasteiger partial charge < -0.3 is 5.32 Å². The van der Waals surface area contributed by atoms with Crippen molar-refractivity contribution in [3.05, 3.63) is 0 Å². The van der Waals surface area contributed by atoms with Gasteiger partial charge in [0.25, 0.3) is 0 Å². The van der Waals surface area contributed by atoms with E-state index < -0.39 is 0 Å². The molecule has 1 aliphatic rings. The summed E-state index contributed by atoms with van der Waals surface area (Å²) in [6, 6.07) is 0.678. The van der Waals surface area contributed by atoms with E-state index in [2.05, 4.69) is 63.5 Å². The minimum Gasteiger partial charge on any atom is -0.308 e. The zero-order chi connectivity index (χ0) is 13.8. The molecule has 3 heteroatoms. The van der Waals surface area contributed by atoms with Crippen LogP contribution in [0.1, 0.15) is 54.4 Å². The van der Waals surface area contributed by atoms with Gasteiger partial charge in [-0.1, -0.05) is 34.6 Å². The second-order valence-corrected chi connectivity index (χ2v) is 8.57. The number of piperazine rings is 1. The third-order valence-corrected chi connectivity index (χ3v) is 5.42. The molecule has 1 heterocycles. The topological polar surface area (TPSA) is 15.3 Å². The first-order valence-corrected chi connectivity index (χ1v) is 8.43. The molecule has 1 atom stereocenters. The molecule has 0 aromatic rings. The van der Waals surface area contributed by atoms with Gasteiger partial charge in [-0.2, -0.15) is 11.8 Å². The van der Waals surface area contributed by atoms with E-state index in [1.54, 1.807) is 0 Å². The van der Waals surface area contributed by atoms with E-state index in [9.17, 15) is 0 Å². The van der Waals surface area contributed by atoms with Crippen LogP contribution in [0.15, 0.2) is 0 Å². The molecule has 18 heavy (non-hydrogen) atoms. The van der Waals surface area contributed by atoms with Crippen molar-refractivity contribution in [1.29, 1.82) is 0 Å². The second-order valence-electron chi connectivity index (χ2n) is 6.65. The summed E-state index contributed by atoms with van der Waals surface area (Å²) in [7, 11) is 0. The molecule has 0 aromatic carbocycles. The van der Waals surface area contributed by atoms with E-state index >= 15 is 0 Å². The number of rotatable bonds is 5. The lowest BCUT2D eigenvalue weighted by atomic mass is 9.89. The Morgan fingerprint density at radius 1 is 1.28 bits per heavy atom. The summed E-state index contributed by atoms with van der Waals surface area (Å²) in [4.78, 5) is 2.68. The van der Waals surface area contributed by atoms with Crippen molar-refractivity contribution in [1.82, 2.24) is 10.2 Å². The van der Waals surface area contributed by atoms with Crippen LogP contribution in [-0.2, 0) is 0 Å². The lowest BCUT2D eigenvalue weighted by molar-refractivity contribution is 0.0867. The summed E-state index contributed by atoms with van der Waals surface area (Å²) in [6.45, 7) is 17.5. The molecule has 1 saturated heterocycles. The van der Waals surface area contributed by atoms with Gasteiger partial charge in [-0.05, 0) is 19.8 Å². The third-order valence-electron chi connectivity index (χ3n) is 4.17. The van der Waals surface area contributed by atoms with Gasteiger partial charge in [0.05, 0.1) is 0 Å². The summed E-state index contributed by atoms with van der Waals surface area (Å²) in [5, 5.41) is 3.77. The molecular formula is C15H32N2S. The molecule has 1 unspecified atom stereocenters. The lowest BCUT2D eigenvalue weighted by Crippen LogP contribution is -2.63. The Labute approximate surface area is 118 Å². The highest BCUT2D eigenvalue weighted by Gasteiger charge is 2.34. The predicted molar refractivity (Wildman–Crippen MR) is 84.6 cm³/mol. The molecule has 0 aliphatic carbocycles. The zero-order valence-electron chi connectivity index (χ0n) is 13.2. The fraction of sp³-hybridized carbons (Fsp3) is 1.00. The van der Waals surface area contributed by atoms with Crippen LogP contribution in [0.25, 0.3) is 0 Å².